The van der Waals surface area contributed by atoms with Gasteiger partial charge in [0.1, 0.15) is 0 Å². The number of rotatable bonds is 0. The van der Waals surface area contributed by atoms with Crippen LogP contribution in [0.3, 0.4) is 0 Å². The smallest absolute Gasteiger partial charge is 0.0489 e. The molecule has 15 heavy (non-hydrogen) atoms. The van der Waals surface area contributed by atoms with E-state index in [0.717, 1.165) is 19.1 Å². The monoisotopic (exact) mass is 212 g/mol. The molecule has 1 aromatic heterocycles. The van der Waals surface area contributed by atoms with Crippen LogP contribution in [0.15, 0.2) is 18.5 Å². The molecular formula is C12H24N2O. The van der Waals surface area contributed by atoms with Crippen molar-refractivity contribution < 1.29 is 4.74 Å². The normalized spacial score (nSPS) is 15.7. The molecule has 3 nitrogen and oxygen atoms in total. The SMILES string of the molecule is CC.CC1CCOCC1.Cn1cccn1. The van der Waals surface area contributed by atoms with Gasteiger partial charge in [-0.15, -0.1) is 0 Å². The van der Waals surface area contributed by atoms with Crippen molar-refractivity contribution in [2.45, 2.75) is 33.6 Å². The molecule has 88 valence electrons. The van der Waals surface area contributed by atoms with Gasteiger partial charge in [0.2, 0.25) is 0 Å². The van der Waals surface area contributed by atoms with Crippen LogP contribution in [0.4, 0.5) is 0 Å². The molecule has 0 N–H and O–H groups in total. The van der Waals surface area contributed by atoms with Crippen molar-refractivity contribution in [1.82, 2.24) is 9.78 Å². The van der Waals surface area contributed by atoms with Crippen molar-refractivity contribution in [3.8, 4) is 0 Å². The molecule has 0 unspecified atom stereocenters. The van der Waals surface area contributed by atoms with Crippen LogP contribution >= 0.6 is 0 Å². The van der Waals surface area contributed by atoms with Gasteiger partial charge in [0.15, 0.2) is 0 Å². The Bertz CT molecular complexity index is 203. The summed E-state index contributed by atoms with van der Waals surface area (Å²) in [5, 5.41) is 3.83. The molecule has 0 aliphatic carbocycles. The molecule has 2 rings (SSSR count). The molecular weight excluding hydrogens is 188 g/mol. The van der Waals surface area contributed by atoms with Gasteiger partial charge in [-0.3, -0.25) is 4.68 Å². The summed E-state index contributed by atoms with van der Waals surface area (Å²) >= 11 is 0. The second-order valence-electron chi connectivity index (χ2n) is 3.47. The molecule has 0 aromatic carbocycles. The molecule has 0 amide bonds. The quantitative estimate of drug-likeness (QED) is 0.661. The van der Waals surface area contributed by atoms with E-state index in [1.54, 1.807) is 10.9 Å². The maximum absolute atomic E-state index is 5.14. The van der Waals surface area contributed by atoms with E-state index < -0.39 is 0 Å². The number of aryl methyl sites for hydroxylation is 1. The van der Waals surface area contributed by atoms with Crippen LogP contribution in [0.1, 0.15) is 33.6 Å². The average molecular weight is 212 g/mol. The molecule has 1 aliphatic rings. The van der Waals surface area contributed by atoms with Crippen molar-refractivity contribution in [3.05, 3.63) is 18.5 Å². The summed E-state index contributed by atoms with van der Waals surface area (Å²) in [6, 6.07) is 1.89. The first-order valence-electron chi connectivity index (χ1n) is 5.80. The second-order valence-corrected chi connectivity index (χ2v) is 3.47. The lowest BCUT2D eigenvalue weighted by molar-refractivity contribution is 0.0716. The van der Waals surface area contributed by atoms with Gasteiger partial charge < -0.3 is 4.74 Å². The lowest BCUT2D eigenvalue weighted by Crippen LogP contribution is -2.12. The summed E-state index contributed by atoms with van der Waals surface area (Å²) in [5.41, 5.74) is 0. The fraction of sp³-hybridized carbons (Fsp3) is 0.750. The minimum Gasteiger partial charge on any atom is -0.381 e. The molecule has 0 bridgehead atoms. The Hall–Kier alpha value is -0.830. The zero-order chi connectivity index (χ0) is 11.5. The predicted octanol–water partition coefficient (Wildman–Crippen LogP) is 2.88. The fourth-order valence-electron chi connectivity index (χ4n) is 1.16. The number of nitrogens with zero attached hydrogens (tertiary/aromatic N) is 2. The van der Waals surface area contributed by atoms with Crippen LogP contribution in [-0.2, 0) is 11.8 Å². The first kappa shape index (κ1) is 14.2. The van der Waals surface area contributed by atoms with Crippen LogP contribution in [0.5, 0.6) is 0 Å². The molecule has 3 heteroatoms. The van der Waals surface area contributed by atoms with Gasteiger partial charge in [0.05, 0.1) is 0 Å². The third-order valence-electron chi connectivity index (χ3n) is 2.15. The standard InChI is InChI=1S/C6H12O.C4H6N2.C2H6/c1-6-2-4-7-5-3-6;1-6-4-2-3-5-6;1-2/h6H,2-5H2,1H3;2-4H,1H3;1-2H3. The maximum Gasteiger partial charge on any atom is 0.0489 e. The van der Waals surface area contributed by atoms with Crippen molar-refractivity contribution >= 4 is 0 Å². The number of ether oxygens (including phenoxy) is 1. The highest BCUT2D eigenvalue weighted by molar-refractivity contribution is 4.75. The zero-order valence-electron chi connectivity index (χ0n) is 10.4. The molecule has 2 heterocycles. The Morgan fingerprint density at radius 2 is 1.87 bits per heavy atom. The Labute approximate surface area is 93.4 Å². The Morgan fingerprint density at radius 1 is 1.27 bits per heavy atom. The van der Waals surface area contributed by atoms with Crippen molar-refractivity contribution in [2.75, 3.05) is 13.2 Å². The molecule has 0 atom stereocenters. The lowest BCUT2D eigenvalue weighted by atomic mass is 10.0. The van der Waals surface area contributed by atoms with E-state index in [2.05, 4.69) is 12.0 Å². The van der Waals surface area contributed by atoms with Gasteiger partial charge in [0.25, 0.3) is 0 Å². The Balaban J connectivity index is 0.000000227. The molecule has 1 aliphatic heterocycles. The number of hydrogen-bond donors (Lipinski definition) is 0. The predicted molar refractivity (Wildman–Crippen MR) is 63.8 cm³/mol. The van der Waals surface area contributed by atoms with Gasteiger partial charge in [-0.1, -0.05) is 20.8 Å². The zero-order valence-corrected chi connectivity index (χ0v) is 10.4. The first-order chi connectivity index (χ1) is 7.29. The average Bonchev–Trinajstić information content (AvgIpc) is 2.74. The summed E-state index contributed by atoms with van der Waals surface area (Å²) in [6.45, 7) is 8.25. The summed E-state index contributed by atoms with van der Waals surface area (Å²) in [6.07, 6.45) is 6.17. The summed E-state index contributed by atoms with van der Waals surface area (Å²) in [7, 11) is 1.89. The topological polar surface area (TPSA) is 27.1 Å². The van der Waals surface area contributed by atoms with Crippen LogP contribution in [0.2, 0.25) is 0 Å². The van der Waals surface area contributed by atoms with Gasteiger partial charge in [-0.05, 0) is 24.8 Å². The first-order valence-corrected chi connectivity index (χ1v) is 5.80. The van der Waals surface area contributed by atoms with E-state index in [0.29, 0.717) is 0 Å². The fourth-order valence-corrected chi connectivity index (χ4v) is 1.16. The molecule has 0 saturated carbocycles. The van der Waals surface area contributed by atoms with Crippen LogP contribution in [0.25, 0.3) is 0 Å². The molecule has 0 radical (unpaired) electrons. The highest BCUT2D eigenvalue weighted by Crippen LogP contribution is 2.11. The van der Waals surface area contributed by atoms with Crippen molar-refractivity contribution in [2.24, 2.45) is 13.0 Å². The van der Waals surface area contributed by atoms with E-state index in [1.165, 1.54) is 12.8 Å². The van der Waals surface area contributed by atoms with Crippen LogP contribution < -0.4 is 0 Å². The van der Waals surface area contributed by atoms with E-state index >= 15 is 0 Å². The molecule has 1 fully saturated rings. The highest BCUT2D eigenvalue weighted by Gasteiger charge is 2.06. The Kier molecular flexibility index (Phi) is 9.18. The van der Waals surface area contributed by atoms with E-state index in [1.807, 2.05) is 33.2 Å². The Morgan fingerprint density at radius 3 is 2.07 bits per heavy atom. The van der Waals surface area contributed by atoms with E-state index in [4.69, 9.17) is 4.74 Å². The minimum absolute atomic E-state index is 0.911. The summed E-state index contributed by atoms with van der Waals surface area (Å²) in [4.78, 5) is 0. The van der Waals surface area contributed by atoms with Gasteiger partial charge in [0, 0.05) is 32.7 Å². The third-order valence-corrected chi connectivity index (χ3v) is 2.15. The maximum atomic E-state index is 5.14. The van der Waals surface area contributed by atoms with Gasteiger partial charge >= 0.3 is 0 Å². The van der Waals surface area contributed by atoms with Crippen molar-refractivity contribution in [3.63, 3.8) is 0 Å². The largest absolute Gasteiger partial charge is 0.381 e. The number of hydrogen-bond acceptors (Lipinski definition) is 2. The number of aromatic nitrogens is 2. The van der Waals surface area contributed by atoms with Gasteiger partial charge in [-0.25, -0.2) is 0 Å². The third kappa shape index (κ3) is 8.18. The minimum atomic E-state index is 0.911. The summed E-state index contributed by atoms with van der Waals surface area (Å²) < 4.78 is 6.89. The molecule has 1 aromatic rings. The van der Waals surface area contributed by atoms with E-state index in [9.17, 15) is 0 Å². The highest BCUT2D eigenvalue weighted by atomic mass is 16.5. The van der Waals surface area contributed by atoms with Crippen molar-refractivity contribution in [1.29, 1.82) is 0 Å². The summed E-state index contributed by atoms with van der Waals surface area (Å²) in [5.74, 6) is 0.911. The van der Waals surface area contributed by atoms with Crippen LogP contribution in [0, 0.1) is 5.92 Å². The lowest BCUT2D eigenvalue weighted by Gasteiger charge is -2.16. The van der Waals surface area contributed by atoms with Gasteiger partial charge in [-0.2, -0.15) is 5.10 Å². The second kappa shape index (κ2) is 9.71. The van der Waals surface area contributed by atoms with E-state index in [-0.39, 0.29) is 0 Å². The molecule has 1 saturated heterocycles. The van der Waals surface area contributed by atoms with Crippen LogP contribution in [-0.4, -0.2) is 23.0 Å². The molecule has 0 spiro atoms.